The Bertz CT molecular complexity index is 887. The average Bonchev–Trinajstić information content (AvgIpc) is 3.16. The Morgan fingerprint density at radius 1 is 1.07 bits per heavy atom. The van der Waals surface area contributed by atoms with Crippen molar-refractivity contribution in [2.24, 2.45) is 11.3 Å². The van der Waals surface area contributed by atoms with Crippen LogP contribution in [0.25, 0.3) is 0 Å². The quantitative estimate of drug-likeness (QED) is 0.618. The summed E-state index contributed by atoms with van der Waals surface area (Å²) in [4.78, 5) is 6.86. The van der Waals surface area contributed by atoms with Crippen molar-refractivity contribution in [2.75, 3.05) is 11.4 Å². The van der Waals surface area contributed by atoms with E-state index >= 15 is 0 Å². The predicted molar refractivity (Wildman–Crippen MR) is 121 cm³/mol. The van der Waals surface area contributed by atoms with E-state index in [0.717, 1.165) is 17.4 Å². The van der Waals surface area contributed by atoms with Crippen LogP contribution in [0.1, 0.15) is 26.5 Å². The van der Waals surface area contributed by atoms with Crippen molar-refractivity contribution in [3.8, 4) is 0 Å². The van der Waals surface area contributed by atoms with Crippen LogP contribution in [-0.2, 0) is 11.0 Å². The lowest BCUT2D eigenvalue weighted by Crippen LogP contribution is -2.65. The Morgan fingerprint density at radius 2 is 1.66 bits per heavy atom. The van der Waals surface area contributed by atoms with E-state index in [-0.39, 0.29) is 18.2 Å². The van der Waals surface area contributed by atoms with Gasteiger partial charge in [0.25, 0.3) is 9.04 Å². The fourth-order valence-corrected chi connectivity index (χ4v) is 6.60. The fourth-order valence-electron chi connectivity index (χ4n) is 3.62. The topological polar surface area (TPSA) is 45.6 Å². The second kappa shape index (κ2) is 8.40. The van der Waals surface area contributed by atoms with Crippen molar-refractivity contribution in [1.29, 1.82) is 0 Å². The van der Waals surface area contributed by atoms with Crippen molar-refractivity contribution < 1.29 is 9.53 Å². The smallest absolute Gasteiger partial charge is 0.285 e. The molecule has 0 amide bonds. The van der Waals surface area contributed by atoms with Gasteiger partial charge in [0.2, 0.25) is 0 Å². The monoisotopic (exact) mass is 423 g/mol. The van der Waals surface area contributed by atoms with Crippen molar-refractivity contribution >= 4 is 35.9 Å². The predicted octanol–water partition coefficient (Wildman–Crippen LogP) is 3.27. The van der Waals surface area contributed by atoms with E-state index in [4.69, 9.17) is 4.43 Å². The molecule has 2 atom stereocenters. The highest BCUT2D eigenvalue weighted by Crippen LogP contribution is 2.43. The molecule has 29 heavy (non-hydrogen) atoms. The zero-order valence-corrected chi connectivity index (χ0v) is 18.9. The molecule has 1 radical (unpaired) electrons. The summed E-state index contributed by atoms with van der Waals surface area (Å²) in [6.07, 6.45) is -0.0259. The van der Waals surface area contributed by atoms with Gasteiger partial charge in [-0.25, -0.2) is 4.98 Å². The zero-order chi connectivity index (χ0) is 20.4. The zero-order valence-electron chi connectivity index (χ0n) is 17.1. The molecule has 4 rings (SSSR count). The Kier molecular flexibility index (Phi) is 5.87. The molecule has 6 heteroatoms. The van der Waals surface area contributed by atoms with Gasteiger partial charge in [0.05, 0.1) is 12.3 Å². The summed E-state index contributed by atoms with van der Waals surface area (Å²) in [6, 6.07) is 21.1. The Balaban J connectivity index is 1.67. The van der Waals surface area contributed by atoms with E-state index in [9.17, 15) is 5.11 Å². The number of hydrogen-bond acceptors (Lipinski definition) is 5. The van der Waals surface area contributed by atoms with Crippen molar-refractivity contribution in [2.45, 2.75) is 33.6 Å². The molecule has 1 N–H and O–H groups in total. The molecule has 151 valence electrons. The third-order valence-electron chi connectivity index (χ3n) is 5.42. The lowest BCUT2D eigenvalue weighted by Gasteiger charge is -2.53. The van der Waals surface area contributed by atoms with Crippen LogP contribution in [0.5, 0.6) is 0 Å². The minimum atomic E-state index is -1.40. The van der Waals surface area contributed by atoms with E-state index in [1.54, 1.807) is 11.3 Å². The van der Waals surface area contributed by atoms with Crippen LogP contribution in [-0.4, -0.2) is 31.9 Å². The van der Waals surface area contributed by atoms with Gasteiger partial charge in [-0.05, 0) is 15.8 Å². The third-order valence-corrected chi connectivity index (χ3v) is 8.53. The van der Waals surface area contributed by atoms with Crippen LogP contribution in [0, 0.1) is 11.3 Å². The number of aromatic nitrogens is 1. The van der Waals surface area contributed by atoms with Crippen LogP contribution in [0.2, 0.25) is 0 Å². The van der Waals surface area contributed by atoms with Gasteiger partial charge >= 0.3 is 0 Å². The van der Waals surface area contributed by atoms with Gasteiger partial charge in [0.1, 0.15) is 6.23 Å². The van der Waals surface area contributed by atoms with E-state index in [1.807, 2.05) is 17.5 Å². The molecule has 0 spiro atoms. The first kappa shape index (κ1) is 20.3. The summed E-state index contributed by atoms with van der Waals surface area (Å²) in [5, 5.41) is 14.8. The maximum absolute atomic E-state index is 9.41. The fraction of sp³-hybridized carbons (Fsp3) is 0.348. The summed E-state index contributed by atoms with van der Waals surface area (Å²) in [6.45, 7) is 7.74. The lowest BCUT2D eigenvalue weighted by molar-refractivity contribution is 0.00493. The highest BCUT2D eigenvalue weighted by atomic mass is 32.1. The van der Waals surface area contributed by atoms with Gasteiger partial charge in [-0.2, -0.15) is 0 Å². The first-order valence-electron chi connectivity index (χ1n) is 9.93. The number of rotatable bonds is 6. The molecule has 0 saturated carbocycles. The molecule has 1 saturated heterocycles. The number of nitrogens with zero attached hydrogens (tertiary/aromatic N) is 2. The minimum absolute atomic E-state index is 0.0259. The molecule has 0 aliphatic carbocycles. The molecule has 1 aliphatic rings. The second-order valence-electron chi connectivity index (χ2n) is 8.47. The number of aliphatic hydroxyl groups excluding tert-OH is 1. The van der Waals surface area contributed by atoms with Crippen LogP contribution in [0.4, 0.5) is 5.13 Å². The second-order valence-corrected chi connectivity index (χ2v) is 11.4. The standard InChI is InChI=1S/C23H27N2O2SSi/c1-23(2,3)20-14-25(22-24-17(15-26)16-28-22)21(20)27-29(18-10-6-4-7-11-18)19-12-8-5-9-13-19/h4-13,16,20-21,26H,14-15H2,1-3H3. The van der Waals surface area contributed by atoms with Gasteiger partial charge in [0.15, 0.2) is 5.13 Å². The van der Waals surface area contributed by atoms with Gasteiger partial charge in [-0.1, -0.05) is 81.4 Å². The van der Waals surface area contributed by atoms with Crippen molar-refractivity contribution in [1.82, 2.24) is 4.98 Å². The number of thiazole rings is 1. The van der Waals surface area contributed by atoms with Crippen molar-refractivity contribution in [3.05, 3.63) is 71.7 Å². The maximum Gasteiger partial charge on any atom is 0.285 e. The first-order chi connectivity index (χ1) is 14.0. The van der Waals surface area contributed by atoms with Crippen LogP contribution < -0.4 is 15.3 Å². The highest BCUT2D eigenvalue weighted by Gasteiger charge is 2.48. The number of benzene rings is 2. The molecule has 2 unspecified atom stereocenters. The number of hydrogen-bond donors (Lipinski definition) is 1. The molecule has 1 aliphatic heterocycles. The summed E-state index contributed by atoms with van der Waals surface area (Å²) in [5.74, 6) is 0.413. The summed E-state index contributed by atoms with van der Waals surface area (Å²) < 4.78 is 6.94. The minimum Gasteiger partial charge on any atom is -0.390 e. The summed E-state index contributed by atoms with van der Waals surface area (Å²) in [7, 11) is -1.40. The summed E-state index contributed by atoms with van der Waals surface area (Å²) in [5.41, 5.74) is 0.859. The van der Waals surface area contributed by atoms with Gasteiger partial charge in [-0.15, -0.1) is 11.3 Å². The van der Waals surface area contributed by atoms with Crippen LogP contribution in [0.3, 0.4) is 0 Å². The molecule has 1 aromatic heterocycles. The third kappa shape index (κ3) is 4.30. The molecule has 2 heterocycles. The average molecular weight is 424 g/mol. The highest BCUT2D eigenvalue weighted by molar-refractivity contribution is 7.13. The van der Waals surface area contributed by atoms with Gasteiger partial charge in [0, 0.05) is 17.8 Å². The molecule has 1 fully saturated rings. The molecular formula is C23H27N2O2SSi. The molecular weight excluding hydrogens is 396 g/mol. The molecule has 4 nitrogen and oxygen atoms in total. The molecule has 2 aromatic carbocycles. The van der Waals surface area contributed by atoms with Gasteiger partial charge < -0.3 is 14.4 Å². The normalized spacial score (nSPS) is 19.4. The number of anilines is 1. The van der Waals surface area contributed by atoms with Crippen molar-refractivity contribution in [3.63, 3.8) is 0 Å². The Labute approximate surface area is 178 Å². The molecule has 0 bridgehead atoms. The lowest BCUT2D eigenvalue weighted by atomic mass is 9.74. The Hall–Kier alpha value is -1.99. The largest absolute Gasteiger partial charge is 0.390 e. The molecule has 3 aromatic rings. The SMILES string of the molecule is CC(C)(C)C1CN(c2nc(CO)cs2)C1O[Si](c1ccccc1)c1ccccc1. The Morgan fingerprint density at radius 3 is 2.14 bits per heavy atom. The van der Waals surface area contributed by atoms with Crippen LogP contribution >= 0.6 is 11.3 Å². The van der Waals surface area contributed by atoms with Crippen LogP contribution in [0.15, 0.2) is 66.0 Å². The number of aliphatic hydroxyl groups is 1. The van der Waals surface area contributed by atoms with E-state index in [0.29, 0.717) is 5.92 Å². The van der Waals surface area contributed by atoms with E-state index in [2.05, 4.69) is 79.2 Å². The summed E-state index contributed by atoms with van der Waals surface area (Å²) >= 11 is 1.58. The van der Waals surface area contributed by atoms with E-state index < -0.39 is 9.04 Å². The van der Waals surface area contributed by atoms with E-state index in [1.165, 1.54) is 10.4 Å². The van der Waals surface area contributed by atoms with Gasteiger partial charge in [-0.3, -0.25) is 0 Å². The first-order valence-corrected chi connectivity index (χ1v) is 12.2. The maximum atomic E-state index is 9.41.